The molecule has 160 valence electrons. The van der Waals surface area contributed by atoms with Crippen LogP contribution >= 0.6 is 0 Å². The van der Waals surface area contributed by atoms with Crippen molar-refractivity contribution in [1.82, 2.24) is 5.32 Å². The molecule has 2 aromatic rings. The first-order valence-corrected chi connectivity index (χ1v) is 12.0. The highest BCUT2D eigenvalue weighted by Gasteiger charge is 2.32. The SMILES string of the molecule is C[C@H](C(=O)N[C@@H]1CCCc2ccccc21)N(c1ccc2c(c1)OCCO2)S(C)(=O)=O. The van der Waals surface area contributed by atoms with Gasteiger partial charge in [-0.25, -0.2) is 8.42 Å². The normalized spacial score (nSPS) is 18.8. The summed E-state index contributed by atoms with van der Waals surface area (Å²) in [7, 11) is -3.71. The molecule has 1 aliphatic carbocycles. The standard InChI is InChI=1S/C22H26N2O5S/c1-15(22(25)23-19-9-5-7-16-6-3-4-8-18(16)19)24(30(2,26)27)17-10-11-20-21(14-17)29-13-12-28-20/h3-4,6,8,10-11,14-15,19H,5,7,9,12-13H2,1-2H3,(H,23,25)/t15-,19-/m1/s1. The maximum absolute atomic E-state index is 13.1. The first-order chi connectivity index (χ1) is 14.3. The molecule has 2 aromatic carbocycles. The lowest BCUT2D eigenvalue weighted by Crippen LogP contribution is -2.49. The minimum absolute atomic E-state index is 0.119. The van der Waals surface area contributed by atoms with Crippen LogP contribution in [-0.4, -0.2) is 39.8 Å². The van der Waals surface area contributed by atoms with E-state index in [2.05, 4.69) is 11.4 Å². The van der Waals surface area contributed by atoms with E-state index in [4.69, 9.17) is 9.47 Å². The van der Waals surface area contributed by atoms with Crippen LogP contribution in [0.2, 0.25) is 0 Å². The average Bonchev–Trinajstić information content (AvgIpc) is 2.73. The van der Waals surface area contributed by atoms with Crippen molar-refractivity contribution in [3.8, 4) is 11.5 Å². The number of aryl methyl sites for hydroxylation is 1. The predicted molar refractivity (Wildman–Crippen MR) is 114 cm³/mol. The number of sulfonamides is 1. The van der Waals surface area contributed by atoms with Gasteiger partial charge >= 0.3 is 0 Å². The van der Waals surface area contributed by atoms with Gasteiger partial charge in [-0.3, -0.25) is 9.10 Å². The van der Waals surface area contributed by atoms with Crippen LogP contribution < -0.4 is 19.1 Å². The smallest absolute Gasteiger partial charge is 0.244 e. The minimum Gasteiger partial charge on any atom is -0.486 e. The van der Waals surface area contributed by atoms with Crippen molar-refractivity contribution in [2.75, 3.05) is 23.8 Å². The molecule has 0 radical (unpaired) electrons. The number of hydrogen-bond acceptors (Lipinski definition) is 5. The molecule has 0 saturated heterocycles. The molecule has 7 nitrogen and oxygen atoms in total. The van der Waals surface area contributed by atoms with Crippen molar-refractivity contribution in [1.29, 1.82) is 0 Å². The van der Waals surface area contributed by atoms with E-state index in [1.54, 1.807) is 25.1 Å². The van der Waals surface area contributed by atoms with Gasteiger partial charge in [-0.2, -0.15) is 0 Å². The van der Waals surface area contributed by atoms with Crippen molar-refractivity contribution in [3.63, 3.8) is 0 Å². The van der Waals surface area contributed by atoms with Crippen molar-refractivity contribution < 1.29 is 22.7 Å². The third kappa shape index (κ3) is 4.09. The van der Waals surface area contributed by atoms with Gasteiger partial charge in [-0.1, -0.05) is 24.3 Å². The van der Waals surface area contributed by atoms with E-state index in [9.17, 15) is 13.2 Å². The van der Waals surface area contributed by atoms with Crippen LogP contribution in [0, 0.1) is 0 Å². The largest absolute Gasteiger partial charge is 0.486 e. The Kier molecular flexibility index (Phi) is 5.60. The van der Waals surface area contributed by atoms with E-state index in [-0.39, 0.29) is 11.9 Å². The number of carbonyl (C=O) groups excluding carboxylic acids is 1. The molecule has 2 aliphatic rings. The highest BCUT2D eigenvalue weighted by molar-refractivity contribution is 7.92. The van der Waals surface area contributed by atoms with Gasteiger partial charge in [0.25, 0.3) is 0 Å². The zero-order valence-corrected chi connectivity index (χ0v) is 17.9. The maximum atomic E-state index is 13.1. The third-order valence-electron chi connectivity index (χ3n) is 5.55. The Labute approximate surface area is 177 Å². The number of amides is 1. The van der Waals surface area contributed by atoms with Gasteiger partial charge in [-0.15, -0.1) is 0 Å². The molecule has 0 unspecified atom stereocenters. The number of hydrogen-bond donors (Lipinski definition) is 1. The van der Waals surface area contributed by atoms with E-state index in [1.165, 1.54) is 5.56 Å². The Morgan fingerprint density at radius 2 is 1.87 bits per heavy atom. The lowest BCUT2D eigenvalue weighted by Gasteiger charge is -2.32. The van der Waals surface area contributed by atoms with Crippen molar-refractivity contribution in [2.24, 2.45) is 0 Å². The fourth-order valence-corrected chi connectivity index (χ4v) is 5.34. The van der Waals surface area contributed by atoms with Gasteiger partial charge in [0.15, 0.2) is 11.5 Å². The topological polar surface area (TPSA) is 84.9 Å². The number of nitrogens with one attached hydrogen (secondary N) is 1. The lowest BCUT2D eigenvalue weighted by molar-refractivity contribution is -0.122. The molecule has 2 atom stereocenters. The Balaban J connectivity index is 1.59. The number of anilines is 1. The van der Waals surface area contributed by atoms with E-state index >= 15 is 0 Å². The Bertz CT molecular complexity index is 1050. The zero-order chi connectivity index (χ0) is 21.3. The number of rotatable bonds is 5. The summed E-state index contributed by atoms with van der Waals surface area (Å²) in [5.41, 5.74) is 2.71. The first kappa shape index (κ1) is 20.5. The number of benzene rings is 2. The fraction of sp³-hybridized carbons (Fsp3) is 0.409. The van der Waals surface area contributed by atoms with Crippen LogP contribution in [0.1, 0.15) is 36.9 Å². The van der Waals surface area contributed by atoms with Gasteiger partial charge in [0.2, 0.25) is 15.9 Å². The van der Waals surface area contributed by atoms with Crippen LogP contribution in [0.15, 0.2) is 42.5 Å². The summed E-state index contributed by atoms with van der Waals surface area (Å²) in [6.45, 7) is 2.44. The number of ether oxygens (including phenoxy) is 2. The molecular weight excluding hydrogens is 404 g/mol. The molecule has 0 aromatic heterocycles. The van der Waals surface area contributed by atoms with Crippen LogP contribution in [0.4, 0.5) is 5.69 Å². The number of carbonyl (C=O) groups is 1. The van der Waals surface area contributed by atoms with Crippen LogP contribution in [0.3, 0.4) is 0 Å². The maximum Gasteiger partial charge on any atom is 0.244 e. The van der Waals surface area contributed by atoms with E-state index < -0.39 is 16.1 Å². The van der Waals surface area contributed by atoms with Gasteiger partial charge in [-0.05, 0) is 49.4 Å². The summed E-state index contributed by atoms with van der Waals surface area (Å²) in [6, 6.07) is 11.9. The Morgan fingerprint density at radius 3 is 2.63 bits per heavy atom. The molecule has 1 aliphatic heterocycles. The molecular formula is C22H26N2O5S. The lowest BCUT2D eigenvalue weighted by atomic mass is 9.87. The molecule has 0 spiro atoms. The second-order valence-corrected chi connectivity index (χ2v) is 9.57. The second-order valence-electron chi connectivity index (χ2n) is 7.71. The predicted octanol–water partition coefficient (Wildman–Crippen LogP) is 2.81. The molecule has 1 amide bonds. The average molecular weight is 431 g/mol. The first-order valence-electron chi connectivity index (χ1n) is 10.1. The van der Waals surface area contributed by atoms with E-state index in [0.29, 0.717) is 30.4 Å². The minimum atomic E-state index is -3.71. The highest BCUT2D eigenvalue weighted by atomic mass is 32.2. The van der Waals surface area contributed by atoms with Crippen molar-refractivity contribution in [2.45, 2.75) is 38.3 Å². The molecule has 30 heavy (non-hydrogen) atoms. The summed E-state index contributed by atoms with van der Waals surface area (Å²) < 4.78 is 37.4. The fourth-order valence-electron chi connectivity index (χ4n) is 4.17. The van der Waals surface area contributed by atoms with Gasteiger partial charge in [0.05, 0.1) is 18.0 Å². The molecule has 0 bridgehead atoms. The van der Waals surface area contributed by atoms with Crippen LogP contribution in [0.5, 0.6) is 11.5 Å². The molecule has 8 heteroatoms. The van der Waals surface area contributed by atoms with Crippen LogP contribution in [-0.2, 0) is 21.2 Å². The Hall–Kier alpha value is -2.74. The third-order valence-corrected chi connectivity index (χ3v) is 6.80. The molecule has 0 saturated carbocycles. The summed E-state index contributed by atoms with van der Waals surface area (Å²) in [5.74, 6) is 0.701. The van der Waals surface area contributed by atoms with Crippen molar-refractivity contribution >= 4 is 21.6 Å². The summed E-state index contributed by atoms with van der Waals surface area (Å²) in [6.07, 6.45) is 3.90. The Morgan fingerprint density at radius 1 is 1.13 bits per heavy atom. The van der Waals surface area contributed by atoms with Gasteiger partial charge in [0.1, 0.15) is 19.3 Å². The second kappa shape index (κ2) is 8.18. The molecule has 0 fully saturated rings. The monoisotopic (exact) mass is 430 g/mol. The summed E-state index contributed by atoms with van der Waals surface area (Å²) in [4.78, 5) is 13.1. The zero-order valence-electron chi connectivity index (χ0n) is 17.1. The van der Waals surface area contributed by atoms with E-state index in [1.807, 2.05) is 18.2 Å². The number of nitrogens with zero attached hydrogens (tertiary/aromatic N) is 1. The van der Waals surface area contributed by atoms with Gasteiger partial charge < -0.3 is 14.8 Å². The highest BCUT2D eigenvalue weighted by Crippen LogP contribution is 2.36. The number of fused-ring (bicyclic) bond motifs is 2. The van der Waals surface area contributed by atoms with Gasteiger partial charge in [0, 0.05) is 6.07 Å². The van der Waals surface area contributed by atoms with E-state index in [0.717, 1.165) is 35.4 Å². The molecule has 1 N–H and O–H groups in total. The van der Waals surface area contributed by atoms with Crippen molar-refractivity contribution in [3.05, 3.63) is 53.6 Å². The quantitative estimate of drug-likeness (QED) is 0.789. The molecule has 1 heterocycles. The summed E-state index contributed by atoms with van der Waals surface area (Å²) in [5, 5.41) is 3.06. The molecule has 4 rings (SSSR count). The van der Waals surface area contributed by atoms with Crippen LogP contribution in [0.25, 0.3) is 0 Å². The summed E-state index contributed by atoms with van der Waals surface area (Å²) >= 11 is 0.